The maximum absolute atomic E-state index is 12.4. The summed E-state index contributed by atoms with van der Waals surface area (Å²) in [5.41, 5.74) is 6.74. The van der Waals surface area contributed by atoms with Crippen molar-refractivity contribution in [1.82, 2.24) is 0 Å². The van der Waals surface area contributed by atoms with E-state index in [-0.39, 0.29) is 11.4 Å². The molecule has 136 valence electrons. The quantitative estimate of drug-likeness (QED) is 0.371. The average molecular weight is 384 g/mol. The molecule has 8 heteroatoms. The Bertz CT molecular complexity index is 1010. The molecule has 7 nitrogen and oxygen atoms in total. The van der Waals surface area contributed by atoms with Crippen molar-refractivity contribution >= 4 is 34.6 Å². The van der Waals surface area contributed by atoms with E-state index < -0.39 is 10.8 Å². The average Bonchev–Trinajstić information content (AvgIpc) is 2.65. The van der Waals surface area contributed by atoms with Gasteiger partial charge in [-0.05, 0) is 48.5 Å². The van der Waals surface area contributed by atoms with Crippen LogP contribution in [0.1, 0.15) is 10.4 Å². The molecule has 0 aliphatic rings. The number of ether oxygens (including phenoxy) is 1. The van der Waals surface area contributed by atoms with Crippen LogP contribution in [-0.2, 0) is 0 Å². The minimum Gasteiger partial charge on any atom is -0.455 e. The van der Waals surface area contributed by atoms with Gasteiger partial charge in [-0.2, -0.15) is 0 Å². The number of nitro benzene ring substituents is 1. The fourth-order valence-electron chi connectivity index (χ4n) is 2.31. The van der Waals surface area contributed by atoms with Crippen LogP contribution < -0.4 is 15.8 Å². The molecule has 0 saturated heterocycles. The zero-order chi connectivity index (χ0) is 19.4. The van der Waals surface area contributed by atoms with Crippen molar-refractivity contribution in [2.45, 2.75) is 0 Å². The molecule has 0 bridgehead atoms. The fraction of sp³-hybridized carbons (Fsp3) is 0. The zero-order valence-corrected chi connectivity index (χ0v) is 14.6. The van der Waals surface area contributed by atoms with Gasteiger partial charge in [0.25, 0.3) is 11.6 Å². The van der Waals surface area contributed by atoms with Crippen LogP contribution in [-0.4, -0.2) is 10.8 Å². The Labute approximate surface area is 159 Å². The van der Waals surface area contributed by atoms with Gasteiger partial charge >= 0.3 is 0 Å². The number of rotatable bonds is 5. The predicted octanol–water partition coefficient (Wildman–Crippen LogP) is 4.88. The van der Waals surface area contributed by atoms with Crippen molar-refractivity contribution < 1.29 is 14.5 Å². The third kappa shape index (κ3) is 4.53. The smallest absolute Gasteiger partial charge is 0.271 e. The summed E-state index contributed by atoms with van der Waals surface area (Å²) in [6, 6.07) is 17.0. The second kappa shape index (κ2) is 7.76. The minimum atomic E-state index is -0.531. The lowest BCUT2D eigenvalue weighted by molar-refractivity contribution is -0.384. The number of non-ortho nitro benzene ring substituents is 1. The van der Waals surface area contributed by atoms with Crippen LogP contribution in [0.2, 0.25) is 5.02 Å². The Hall–Kier alpha value is -3.58. The third-order valence-corrected chi connectivity index (χ3v) is 3.88. The summed E-state index contributed by atoms with van der Waals surface area (Å²) in [6.07, 6.45) is 0. The maximum atomic E-state index is 12.4. The number of nitrogens with zero attached hydrogens (tertiary/aromatic N) is 1. The molecule has 0 aromatic heterocycles. The van der Waals surface area contributed by atoms with Crippen LogP contribution in [0.3, 0.4) is 0 Å². The topological polar surface area (TPSA) is 107 Å². The van der Waals surface area contributed by atoms with Crippen LogP contribution in [0.5, 0.6) is 11.5 Å². The molecule has 3 N–H and O–H groups in total. The first-order valence-corrected chi connectivity index (χ1v) is 8.19. The van der Waals surface area contributed by atoms with E-state index in [1.807, 2.05) is 0 Å². The lowest BCUT2D eigenvalue weighted by Gasteiger charge is -2.10. The van der Waals surface area contributed by atoms with Gasteiger partial charge < -0.3 is 15.8 Å². The van der Waals surface area contributed by atoms with Crippen molar-refractivity contribution in [3.63, 3.8) is 0 Å². The number of nitrogens with one attached hydrogen (secondary N) is 1. The SMILES string of the molecule is Nc1cc(C(=O)Nc2cccc([N+](=O)[O-])c2)ccc1Oc1ccc(Cl)cc1. The van der Waals surface area contributed by atoms with Gasteiger partial charge in [0.2, 0.25) is 0 Å². The molecule has 1 amide bonds. The minimum absolute atomic E-state index is 0.112. The highest BCUT2D eigenvalue weighted by Crippen LogP contribution is 2.29. The molecule has 0 aliphatic heterocycles. The Balaban J connectivity index is 1.74. The fourth-order valence-corrected chi connectivity index (χ4v) is 2.44. The third-order valence-electron chi connectivity index (χ3n) is 3.63. The van der Waals surface area contributed by atoms with E-state index in [9.17, 15) is 14.9 Å². The summed E-state index contributed by atoms with van der Waals surface area (Å²) in [5, 5.41) is 14.0. The summed E-state index contributed by atoms with van der Waals surface area (Å²) in [5.74, 6) is 0.504. The van der Waals surface area contributed by atoms with Gasteiger partial charge in [-0.25, -0.2) is 0 Å². The van der Waals surface area contributed by atoms with E-state index in [4.69, 9.17) is 22.1 Å². The summed E-state index contributed by atoms with van der Waals surface area (Å²) in [7, 11) is 0. The molecule has 0 saturated carbocycles. The molecule has 0 radical (unpaired) electrons. The highest BCUT2D eigenvalue weighted by atomic mass is 35.5. The summed E-state index contributed by atoms with van der Waals surface area (Å²) in [6.45, 7) is 0. The standard InChI is InChI=1S/C19H14ClN3O4/c20-13-5-7-16(8-6-13)27-18-9-4-12(10-17(18)21)19(24)22-14-2-1-3-15(11-14)23(25)26/h1-11H,21H2,(H,22,24). The molecule has 0 fully saturated rings. The number of nitrogens with two attached hydrogens (primary N) is 1. The number of hydrogen-bond donors (Lipinski definition) is 2. The van der Waals surface area contributed by atoms with Crippen molar-refractivity contribution in [2.24, 2.45) is 0 Å². The Kier molecular flexibility index (Phi) is 5.23. The predicted molar refractivity (Wildman–Crippen MR) is 103 cm³/mol. The monoisotopic (exact) mass is 383 g/mol. The van der Waals surface area contributed by atoms with Crippen LogP contribution in [0.4, 0.5) is 17.1 Å². The number of halogens is 1. The highest BCUT2D eigenvalue weighted by molar-refractivity contribution is 6.30. The van der Waals surface area contributed by atoms with Crippen LogP contribution in [0.25, 0.3) is 0 Å². The normalized spacial score (nSPS) is 10.3. The van der Waals surface area contributed by atoms with Crippen molar-refractivity contribution in [3.8, 4) is 11.5 Å². The number of amides is 1. The number of carbonyl (C=O) groups is 1. The summed E-state index contributed by atoms with van der Waals surface area (Å²) >= 11 is 5.83. The molecule has 0 unspecified atom stereocenters. The first-order valence-electron chi connectivity index (χ1n) is 7.81. The molecule has 3 aromatic carbocycles. The largest absolute Gasteiger partial charge is 0.455 e. The molecule has 3 rings (SSSR count). The van der Waals surface area contributed by atoms with Gasteiger partial charge in [-0.1, -0.05) is 17.7 Å². The second-order valence-electron chi connectivity index (χ2n) is 5.57. The van der Waals surface area contributed by atoms with Crippen molar-refractivity contribution in [3.05, 3.63) is 87.4 Å². The highest BCUT2D eigenvalue weighted by Gasteiger charge is 2.12. The molecule has 27 heavy (non-hydrogen) atoms. The lowest BCUT2D eigenvalue weighted by Crippen LogP contribution is -2.12. The van der Waals surface area contributed by atoms with E-state index in [2.05, 4.69) is 5.32 Å². The molecule has 0 atom stereocenters. The Morgan fingerprint density at radius 3 is 2.48 bits per heavy atom. The summed E-state index contributed by atoms with van der Waals surface area (Å²) < 4.78 is 5.67. The molecule has 3 aromatic rings. The van der Waals surface area contributed by atoms with E-state index in [0.717, 1.165) is 0 Å². The van der Waals surface area contributed by atoms with Gasteiger partial charge in [0.05, 0.1) is 10.6 Å². The number of nitro groups is 1. The van der Waals surface area contributed by atoms with E-state index >= 15 is 0 Å². The van der Waals surface area contributed by atoms with E-state index in [0.29, 0.717) is 27.8 Å². The van der Waals surface area contributed by atoms with Gasteiger partial charge in [0.1, 0.15) is 11.5 Å². The Morgan fingerprint density at radius 2 is 1.81 bits per heavy atom. The lowest BCUT2D eigenvalue weighted by atomic mass is 10.1. The number of nitrogen functional groups attached to an aromatic ring is 1. The van der Waals surface area contributed by atoms with Gasteiger partial charge in [-0.3, -0.25) is 14.9 Å². The first kappa shape index (κ1) is 18.2. The molecular formula is C19H14ClN3O4. The van der Waals surface area contributed by atoms with Crippen molar-refractivity contribution in [2.75, 3.05) is 11.1 Å². The van der Waals surface area contributed by atoms with E-state index in [1.54, 1.807) is 42.5 Å². The Morgan fingerprint density at radius 1 is 1.07 bits per heavy atom. The first-order chi connectivity index (χ1) is 12.9. The van der Waals surface area contributed by atoms with Crippen LogP contribution in [0.15, 0.2) is 66.7 Å². The van der Waals surface area contributed by atoms with E-state index in [1.165, 1.54) is 24.3 Å². The second-order valence-corrected chi connectivity index (χ2v) is 6.01. The number of benzene rings is 3. The number of carbonyl (C=O) groups excluding carboxylic acids is 1. The molecule has 0 spiro atoms. The van der Waals surface area contributed by atoms with Gasteiger partial charge in [0, 0.05) is 28.4 Å². The number of hydrogen-bond acceptors (Lipinski definition) is 5. The van der Waals surface area contributed by atoms with Gasteiger partial charge in [0.15, 0.2) is 0 Å². The molecule has 0 heterocycles. The molecular weight excluding hydrogens is 370 g/mol. The maximum Gasteiger partial charge on any atom is 0.271 e. The van der Waals surface area contributed by atoms with Gasteiger partial charge in [-0.15, -0.1) is 0 Å². The van der Waals surface area contributed by atoms with Crippen LogP contribution in [0, 0.1) is 10.1 Å². The number of anilines is 2. The molecule has 0 aliphatic carbocycles. The summed E-state index contributed by atoms with van der Waals surface area (Å²) in [4.78, 5) is 22.6. The van der Waals surface area contributed by atoms with Crippen molar-refractivity contribution in [1.29, 1.82) is 0 Å². The zero-order valence-electron chi connectivity index (χ0n) is 13.9. The van der Waals surface area contributed by atoms with Crippen LogP contribution >= 0.6 is 11.6 Å².